The maximum atomic E-state index is 5.39. The minimum atomic E-state index is 0.507. The van der Waals surface area contributed by atoms with Crippen LogP contribution in [0, 0.1) is 5.41 Å². The van der Waals surface area contributed by atoms with Gasteiger partial charge >= 0.3 is 0 Å². The van der Waals surface area contributed by atoms with Gasteiger partial charge in [0.2, 0.25) is 0 Å². The van der Waals surface area contributed by atoms with Crippen molar-refractivity contribution in [1.82, 2.24) is 5.32 Å². The van der Waals surface area contributed by atoms with Crippen LogP contribution >= 0.6 is 0 Å². The van der Waals surface area contributed by atoms with Crippen LogP contribution in [-0.2, 0) is 6.42 Å². The molecule has 1 heterocycles. The van der Waals surface area contributed by atoms with Gasteiger partial charge in [0, 0.05) is 18.5 Å². The van der Waals surface area contributed by atoms with Crippen molar-refractivity contribution < 1.29 is 4.42 Å². The standard InChI is InChI=1S/C15H25NO/c1-12(11-14-5-4-10-17-14)16-13-6-8-15(2,3)9-7-13/h4-5,10,12-13,16H,6-9,11H2,1-3H3. The van der Waals surface area contributed by atoms with E-state index in [2.05, 4.69) is 32.2 Å². The smallest absolute Gasteiger partial charge is 0.105 e. The van der Waals surface area contributed by atoms with Gasteiger partial charge in [-0.2, -0.15) is 0 Å². The second-order valence-electron chi connectivity index (χ2n) is 6.29. The minimum Gasteiger partial charge on any atom is -0.469 e. The predicted molar refractivity (Wildman–Crippen MR) is 71.0 cm³/mol. The van der Waals surface area contributed by atoms with E-state index in [1.54, 1.807) is 6.26 Å². The van der Waals surface area contributed by atoms with Crippen LogP contribution in [-0.4, -0.2) is 12.1 Å². The van der Waals surface area contributed by atoms with Crippen LogP contribution in [0.15, 0.2) is 22.8 Å². The molecule has 1 aromatic heterocycles. The van der Waals surface area contributed by atoms with Gasteiger partial charge in [-0.3, -0.25) is 0 Å². The molecular weight excluding hydrogens is 210 g/mol. The first-order chi connectivity index (χ1) is 8.05. The summed E-state index contributed by atoms with van der Waals surface area (Å²) >= 11 is 0. The van der Waals surface area contributed by atoms with Crippen molar-refractivity contribution in [2.45, 2.75) is 65.0 Å². The molecule has 0 aliphatic heterocycles. The van der Waals surface area contributed by atoms with E-state index in [9.17, 15) is 0 Å². The lowest BCUT2D eigenvalue weighted by molar-refractivity contribution is 0.198. The van der Waals surface area contributed by atoms with Crippen LogP contribution in [0.2, 0.25) is 0 Å². The Balaban J connectivity index is 1.74. The molecule has 2 heteroatoms. The van der Waals surface area contributed by atoms with Gasteiger partial charge in [-0.25, -0.2) is 0 Å². The van der Waals surface area contributed by atoms with Crippen LogP contribution < -0.4 is 5.32 Å². The number of hydrogen-bond donors (Lipinski definition) is 1. The van der Waals surface area contributed by atoms with E-state index < -0.39 is 0 Å². The molecule has 1 saturated carbocycles. The molecule has 0 bridgehead atoms. The summed E-state index contributed by atoms with van der Waals surface area (Å²) in [6.45, 7) is 7.02. The zero-order valence-electron chi connectivity index (χ0n) is 11.3. The Labute approximate surface area is 105 Å². The highest BCUT2D eigenvalue weighted by molar-refractivity contribution is 5.00. The number of rotatable bonds is 4. The summed E-state index contributed by atoms with van der Waals surface area (Å²) in [5, 5.41) is 3.73. The van der Waals surface area contributed by atoms with Crippen molar-refractivity contribution in [3.63, 3.8) is 0 Å². The van der Waals surface area contributed by atoms with E-state index in [4.69, 9.17) is 4.42 Å². The van der Waals surface area contributed by atoms with Crippen LogP contribution in [0.4, 0.5) is 0 Å². The Morgan fingerprint density at radius 3 is 2.71 bits per heavy atom. The molecule has 1 aromatic rings. The van der Waals surface area contributed by atoms with Crippen LogP contribution in [0.3, 0.4) is 0 Å². The van der Waals surface area contributed by atoms with Gasteiger partial charge in [0.05, 0.1) is 6.26 Å². The molecule has 1 N–H and O–H groups in total. The van der Waals surface area contributed by atoms with Gasteiger partial charge in [0.1, 0.15) is 5.76 Å². The first-order valence-electron chi connectivity index (χ1n) is 6.84. The largest absolute Gasteiger partial charge is 0.469 e. The molecule has 0 amide bonds. The Hall–Kier alpha value is -0.760. The number of nitrogens with one attached hydrogen (secondary N) is 1. The van der Waals surface area contributed by atoms with Crippen molar-refractivity contribution in [2.24, 2.45) is 5.41 Å². The summed E-state index contributed by atoms with van der Waals surface area (Å²) in [6, 6.07) is 5.23. The SMILES string of the molecule is CC(Cc1ccco1)NC1CCC(C)(C)CC1. The molecule has 0 aromatic carbocycles. The summed E-state index contributed by atoms with van der Waals surface area (Å²) in [7, 11) is 0. The fourth-order valence-electron chi connectivity index (χ4n) is 2.76. The molecule has 2 rings (SSSR count). The third kappa shape index (κ3) is 3.88. The van der Waals surface area contributed by atoms with Crippen molar-refractivity contribution in [3.05, 3.63) is 24.2 Å². The zero-order chi connectivity index (χ0) is 12.3. The highest BCUT2D eigenvalue weighted by Crippen LogP contribution is 2.35. The Morgan fingerprint density at radius 1 is 1.41 bits per heavy atom. The second kappa shape index (κ2) is 5.26. The summed E-state index contributed by atoms with van der Waals surface area (Å²) < 4.78 is 5.39. The van der Waals surface area contributed by atoms with Gasteiger partial charge in [0.25, 0.3) is 0 Å². The minimum absolute atomic E-state index is 0.507. The molecule has 1 aliphatic carbocycles. The highest BCUT2D eigenvalue weighted by Gasteiger charge is 2.27. The normalized spacial score (nSPS) is 22.5. The molecule has 1 fully saturated rings. The van der Waals surface area contributed by atoms with E-state index in [0.717, 1.165) is 12.2 Å². The number of hydrogen-bond acceptors (Lipinski definition) is 2. The highest BCUT2D eigenvalue weighted by atomic mass is 16.3. The third-order valence-corrected chi connectivity index (χ3v) is 3.95. The van der Waals surface area contributed by atoms with E-state index in [1.807, 2.05) is 6.07 Å². The fraction of sp³-hybridized carbons (Fsp3) is 0.733. The molecule has 0 radical (unpaired) electrons. The first kappa shape index (κ1) is 12.7. The van der Waals surface area contributed by atoms with Gasteiger partial charge in [0.15, 0.2) is 0 Å². The van der Waals surface area contributed by atoms with E-state index in [1.165, 1.54) is 25.7 Å². The molecule has 1 unspecified atom stereocenters. The van der Waals surface area contributed by atoms with Crippen LogP contribution in [0.25, 0.3) is 0 Å². The average molecular weight is 235 g/mol. The lowest BCUT2D eigenvalue weighted by atomic mass is 9.75. The lowest BCUT2D eigenvalue weighted by Gasteiger charge is -2.36. The molecule has 0 spiro atoms. The zero-order valence-corrected chi connectivity index (χ0v) is 11.3. The molecular formula is C15H25NO. The molecule has 2 nitrogen and oxygen atoms in total. The summed E-state index contributed by atoms with van der Waals surface area (Å²) in [4.78, 5) is 0. The van der Waals surface area contributed by atoms with Crippen molar-refractivity contribution >= 4 is 0 Å². The Kier molecular flexibility index (Phi) is 3.93. The summed E-state index contributed by atoms with van der Waals surface area (Å²) in [5.41, 5.74) is 0.558. The Bertz CT molecular complexity index is 319. The van der Waals surface area contributed by atoms with Crippen molar-refractivity contribution in [1.29, 1.82) is 0 Å². The summed E-state index contributed by atoms with van der Waals surface area (Å²) in [6.07, 6.45) is 8.07. The van der Waals surface area contributed by atoms with Crippen molar-refractivity contribution in [3.8, 4) is 0 Å². The third-order valence-electron chi connectivity index (χ3n) is 3.95. The van der Waals surface area contributed by atoms with Gasteiger partial charge in [-0.05, 0) is 50.2 Å². The molecule has 17 heavy (non-hydrogen) atoms. The average Bonchev–Trinajstić information content (AvgIpc) is 2.74. The Morgan fingerprint density at radius 2 is 2.12 bits per heavy atom. The lowest BCUT2D eigenvalue weighted by Crippen LogP contribution is -2.41. The molecule has 1 aliphatic rings. The number of furan rings is 1. The van der Waals surface area contributed by atoms with E-state index in [0.29, 0.717) is 17.5 Å². The van der Waals surface area contributed by atoms with Gasteiger partial charge in [-0.15, -0.1) is 0 Å². The molecule has 96 valence electrons. The summed E-state index contributed by atoms with van der Waals surface area (Å²) in [5.74, 6) is 1.08. The maximum Gasteiger partial charge on any atom is 0.105 e. The fourth-order valence-corrected chi connectivity index (χ4v) is 2.76. The molecule has 0 saturated heterocycles. The quantitative estimate of drug-likeness (QED) is 0.859. The van der Waals surface area contributed by atoms with Gasteiger partial charge < -0.3 is 9.73 Å². The molecule has 1 atom stereocenters. The van der Waals surface area contributed by atoms with Gasteiger partial charge in [-0.1, -0.05) is 13.8 Å². The first-order valence-corrected chi connectivity index (χ1v) is 6.84. The maximum absolute atomic E-state index is 5.39. The topological polar surface area (TPSA) is 25.2 Å². The van der Waals surface area contributed by atoms with Crippen molar-refractivity contribution in [2.75, 3.05) is 0 Å². The second-order valence-corrected chi connectivity index (χ2v) is 6.29. The van der Waals surface area contributed by atoms with Crippen LogP contribution in [0.5, 0.6) is 0 Å². The monoisotopic (exact) mass is 235 g/mol. The van der Waals surface area contributed by atoms with Crippen LogP contribution in [0.1, 0.15) is 52.2 Å². The van der Waals surface area contributed by atoms with E-state index in [-0.39, 0.29) is 0 Å². The predicted octanol–water partition coefficient (Wildman–Crippen LogP) is 3.77. The van der Waals surface area contributed by atoms with E-state index >= 15 is 0 Å².